The summed E-state index contributed by atoms with van der Waals surface area (Å²) in [6.07, 6.45) is 0. The van der Waals surface area contributed by atoms with Crippen molar-refractivity contribution in [1.82, 2.24) is 0 Å². The zero-order valence-electron chi connectivity index (χ0n) is 16.4. The first-order valence-corrected chi connectivity index (χ1v) is 9.68. The van der Waals surface area contributed by atoms with E-state index in [-0.39, 0.29) is 0 Å². The molecule has 0 atom stereocenters. The van der Waals surface area contributed by atoms with Crippen LogP contribution in [0.5, 0.6) is 5.75 Å². The van der Waals surface area contributed by atoms with Gasteiger partial charge in [0.15, 0.2) is 0 Å². The molecule has 0 saturated carbocycles. The molecule has 4 aromatic carbocycles. The molecule has 4 rings (SSSR count). The van der Waals surface area contributed by atoms with E-state index in [1.54, 1.807) is 0 Å². The SMILES string of the molecule is Cc1ccc(C)c(NCc2cccc(OCc3cccc4ccccc34)c2)c1. The van der Waals surface area contributed by atoms with Gasteiger partial charge in [0.2, 0.25) is 0 Å². The number of rotatable bonds is 6. The fourth-order valence-electron chi connectivity index (χ4n) is 3.45. The van der Waals surface area contributed by atoms with Gasteiger partial charge in [-0.3, -0.25) is 0 Å². The Labute approximate surface area is 166 Å². The number of fused-ring (bicyclic) bond motifs is 1. The highest BCUT2D eigenvalue weighted by Crippen LogP contribution is 2.22. The van der Waals surface area contributed by atoms with Crippen molar-refractivity contribution in [3.05, 3.63) is 107 Å². The van der Waals surface area contributed by atoms with Crippen LogP contribution in [0.25, 0.3) is 10.8 Å². The van der Waals surface area contributed by atoms with Crippen LogP contribution in [0.4, 0.5) is 5.69 Å². The predicted octanol–water partition coefficient (Wildman–Crippen LogP) is 6.65. The molecule has 140 valence electrons. The van der Waals surface area contributed by atoms with Crippen LogP contribution in [0.3, 0.4) is 0 Å². The molecule has 0 spiro atoms. The summed E-state index contributed by atoms with van der Waals surface area (Å²) in [4.78, 5) is 0. The van der Waals surface area contributed by atoms with Crippen LogP contribution in [-0.4, -0.2) is 0 Å². The molecule has 1 N–H and O–H groups in total. The van der Waals surface area contributed by atoms with E-state index in [0.717, 1.165) is 12.3 Å². The molecule has 28 heavy (non-hydrogen) atoms. The second-order valence-electron chi connectivity index (χ2n) is 7.25. The average Bonchev–Trinajstić information content (AvgIpc) is 2.73. The largest absolute Gasteiger partial charge is 0.489 e. The van der Waals surface area contributed by atoms with Gasteiger partial charge in [-0.2, -0.15) is 0 Å². The minimum absolute atomic E-state index is 0.565. The van der Waals surface area contributed by atoms with E-state index in [4.69, 9.17) is 4.74 Å². The van der Waals surface area contributed by atoms with Crippen LogP contribution in [-0.2, 0) is 13.2 Å². The Morgan fingerprint density at radius 2 is 1.61 bits per heavy atom. The molecule has 0 fully saturated rings. The number of nitrogens with one attached hydrogen (secondary N) is 1. The van der Waals surface area contributed by atoms with Gasteiger partial charge in [-0.15, -0.1) is 0 Å². The monoisotopic (exact) mass is 367 g/mol. The normalized spacial score (nSPS) is 10.8. The van der Waals surface area contributed by atoms with Crippen molar-refractivity contribution >= 4 is 16.5 Å². The minimum atomic E-state index is 0.565. The molecule has 0 radical (unpaired) electrons. The van der Waals surface area contributed by atoms with Gasteiger partial charge in [0, 0.05) is 12.2 Å². The third-order valence-corrected chi connectivity index (χ3v) is 5.05. The van der Waals surface area contributed by atoms with E-state index in [1.807, 2.05) is 6.07 Å². The summed E-state index contributed by atoms with van der Waals surface area (Å²) in [6, 6.07) is 29.6. The van der Waals surface area contributed by atoms with Crippen molar-refractivity contribution in [1.29, 1.82) is 0 Å². The van der Waals surface area contributed by atoms with Crippen molar-refractivity contribution in [2.75, 3.05) is 5.32 Å². The Balaban J connectivity index is 1.44. The van der Waals surface area contributed by atoms with Crippen LogP contribution in [0.15, 0.2) is 84.9 Å². The highest BCUT2D eigenvalue weighted by molar-refractivity contribution is 5.85. The maximum atomic E-state index is 6.11. The average molecular weight is 367 g/mol. The van der Waals surface area contributed by atoms with Crippen molar-refractivity contribution in [2.24, 2.45) is 0 Å². The van der Waals surface area contributed by atoms with Gasteiger partial charge >= 0.3 is 0 Å². The maximum absolute atomic E-state index is 6.11. The Kier molecular flexibility index (Phi) is 5.29. The topological polar surface area (TPSA) is 21.3 Å². The number of anilines is 1. The molecule has 0 aliphatic heterocycles. The number of hydrogen-bond acceptors (Lipinski definition) is 2. The summed E-state index contributed by atoms with van der Waals surface area (Å²) in [5.41, 5.74) is 6.12. The number of ether oxygens (including phenoxy) is 1. The lowest BCUT2D eigenvalue weighted by Gasteiger charge is -2.13. The molecule has 0 aliphatic rings. The van der Waals surface area contributed by atoms with E-state index in [1.165, 1.54) is 38.7 Å². The minimum Gasteiger partial charge on any atom is -0.489 e. The van der Waals surface area contributed by atoms with Crippen LogP contribution in [0, 0.1) is 13.8 Å². The van der Waals surface area contributed by atoms with Gasteiger partial charge < -0.3 is 10.1 Å². The van der Waals surface area contributed by atoms with Gasteiger partial charge in [0.1, 0.15) is 12.4 Å². The quantitative estimate of drug-likeness (QED) is 0.412. The van der Waals surface area contributed by atoms with E-state index in [2.05, 4.69) is 98.0 Å². The zero-order chi connectivity index (χ0) is 19.3. The molecule has 2 nitrogen and oxygen atoms in total. The van der Waals surface area contributed by atoms with Crippen LogP contribution in [0.1, 0.15) is 22.3 Å². The molecular weight excluding hydrogens is 342 g/mol. The van der Waals surface area contributed by atoms with Gasteiger partial charge in [0.25, 0.3) is 0 Å². The second-order valence-corrected chi connectivity index (χ2v) is 7.25. The lowest BCUT2D eigenvalue weighted by atomic mass is 10.1. The fourth-order valence-corrected chi connectivity index (χ4v) is 3.45. The molecule has 0 unspecified atom stereocenters. The summed E-state index contributed by atoms with van der Waals surface area (Å²) in [7, 11) is 0. The van der Waals surface area contributed by atoms with Crippen molar-refractivity contribution in [3.8, 4) is 5.75 Å². The van der Waals surface area contributed by atoms with E-state index in [0.29, 0.717) is 6.61 Å². The molecule has 4 aromatic rings. The predicted molar refractivity (Wildman–Crippen MR) is 118 cm³/mol. The third kappa shape index (κ3) is 4.17. The lowest BCUT2D eigenvalue weighted by molar-refractivity contribution is 0.307. The third-order valence-electron chi connectivity index (χ3n) is 5.05. The molecule has 0 aliphatic carbocycles. The van der Waals surface area contributed by atoms with Gasteiger partial charge in [-0.05, 0) is 65.1 Å². The van der Waals surface area contributed by atoms with Crippen molar-refractivity contribution < 1.29 is 4.74 Å². The molecule has 0 aromatic heterocycles. The second kappa shape index (κ2) is 8.18. The maximum Gasteiger partial charge on any atom is 0.120 e. The van der Waals surface area contributed by atoms with Crippen molar-refractivity contribution in [2.45, 2.75) is 27.0 Å². The van der Waals surface area contributed by atoms with E-state index >= 15 is 0 Å². The number of hydrogen-bond donors (Lipinski definition) is 1. The highest BCUT2D eigenvalue weighted by Gasteiger charge is 2.03. The first-order chi connectivity index (χ1) is 13.7. The van der Waals surface area contributed by atoms with Gasteiger partial charge in [-0.25, -0.2) is 0 Å². The van der Waals surface area contributed by atoms with Crippen LogP contribution >= 0.6 is 0 Å². The number of aryl methyl sites for hydroxylation is 2. The molecule has 0 bridgehead atoms. The standard InChI is InChI=1S/C26H25NO/c1-19-13-14-20(2)26(15-19)27-17-21-7-5-11-24(16-21)28-18-23-10-6-9-22-8-3-4-12-25(22)23/h3-16,27H,17-18H2,1-2H3. The highest BCUT2D eigenvalue weighted by atomic mass is 16.5. The van der Waals surface area contributed by atoms with Crippen molar-refractivity contribution in [3.63, 3.8) is 0 Å². The summed E-state index contributed by atoms with van der Waals surface area (Å²) >= 11 is 0. The fraction of sp³-hybridized carbons (Fsp3) is 0.154. The molecule has 0 amide bonds. The molecule has 2 heteroatoms. The first kappa shape index (κ1) is 18.1. The van der Waals surface area contributed by atoms with E-state index in [9.17, 15) is 0 Å². The molecule has 0 saturated heterocycles. The zero-order valence-corrected chi connectivity index (χ0v) is 16.4. The Morgan fingerprint density at radius 3 is 2.54 bits per heavy atom. The summed E-state index contributed by atoms with van der Waals surface area (Å²) < 4.78 is 6.11. The van der Waals surface area contributed by atoms with Crippen LogP contribution < -0.4 is 10.1 Å². The number of benzene rings is 4. The Morgan fingerprint density at radius 1 is 0.786 bits per heavy atom. The summed E-state index contributed by atoms with van der Waals surface area (Å²) in [6.45, 7) is 5.59. The molecular formula is C26H25NO. The van der Waals surface area contributed by atoms with E-state index < -0.39 is 0 Å². The van der Waals surface area contributed by atoms with Crippen LogP contribution in [0.2, 0.25) is 0 Å². The Hall–Kier alpha value is -3.26. The lowest BCUT2D eigenvalue weighted by Crippen LogP contribution is -2.02. The Bertz CT molecular complexity index is 1100. The summed E-state index contributed by atoms with van der Waals surface area (Å²) in [5, 5.41) is 6.03. The van der Waals surface area contributed by atoms with Gasteiger partial charge in [-0.1, -0.05) is 66.7 Å². The first-order valence-electron chi connectivity index (χ1n) is 9.68. The smallest absolute Gasteiger partial charge is 0.120 e. The summed E-state index contributed by atoms with van der Waals surface area (Å²) in [5.74, 6) is 0.896. The van der Waals surface area contributed by atoms with Gasteiger partial charge in [0.05, 0.1) is 0 Å². The molecule has 0 heterocycles.